The summed E-state index contributed by atoms with van der Waals surface area (Å²) in [7, 11) is 3.40. The molecule has 0 bridgehead atoms. The van der Waals surface area contributed by atoms with Gasteiger partial charge in [0.05, 0.1) is 12.7 Å². The summed E-state index contributed by atoms with van der Waals surface area (Å²) < 4.78 is 11.1. The van der Waals surface area contributed by atoms with E-state index in [2.05, 4.69) is 22.5 Å². The highest BCUT2D eigenvalue weighted by atomic mass is 127. The van der Waals surface area contributed by atoms with Crippen molar-refractivity contribution in [3.8, 4) is 5.75 Å². The SMILES string of the molecule is CN=C(NCc1ccc(Cl)cc1OC)NCC1(C)CCCO1.I. The van der Waals surface area contributed by atoms with Gasteiger partial charge in [-0.3, -0.25) is 4.99 Å². The van der Waals surface area contributed by atoms with Crippen molar-refractivity contribution < 1.29 is 9.47 Å². The summed E-state index contributed by atoms with van der Waals surface area (Å²) in [5, 5.41) is 7.26. The zero-order valence-electron chi connectivity index (χ0n) is 13.8. The van der Waals surface area contributed by atoms with Gasteiger partial charge in [0, 0.05) is 37.3 Å². The zero-order valence-corrected chi connectivity index (χ0v) is 16.9. The Morgan fingerprint density at radius 3 is 2.83 bits per heavy atom. The first-order valence-corrected chi connectivity index (χ1v) is 7.85. The molecule has 1 aromatic carbocycles. The fourth-order valence-electron chi connectivity index (χ4n) is 2.51. The third-order valence-corrected chi connectivity index (χ3v) is 4.08. The van der Waals surface area contributed by atoms with E-state index in [1.807, 2.05) is 18.2 Å². The lowest BCUT2D eigenvalue weighted by molar-refractivity contribution is 0.0243. The van der Waals surface area contributed by atoms with Crippen LogP contribution in [0.5, 0.6) is 5.75 Å². The molecule has 1 unspecified atom stereocenters. The largest absolute Gasteiger partial charge is 0.496 e. The van der Waals surface area contributed by atoms with Gasteiger partial charge in [0.25, 0.3) is 0 Å². The predicted molar refractivity (Wildman–Crippen MR) is 105 cm³/mol. The van der Waals surface area contributed by atoms with Crippen LogP contribution in [0.2, 0.25) is 5.02 Å². The molecule has 23 heavy (non-hydrogen) atoms. The van der Waals surface area contributed by atoms with Crippen molar-refractivity contribution >= 4 is 41.5 Å². The van der Waals surface area contributed by atoms with Crippen LogP contribution in [-0.4, -0.2) is 38.9 Å². The standard InChI is InChI=1S/C16H24ClN3O2.HI/c1-16(7-4-8-22-16)11-20-15(18-2)19-10-12-5-6-13(17)9-14(12)21-3;/h5-6,9H,4,7-8,10-11H2,1-3H3,(H2,18,19,20);1H. The second-order valence-corrected chi connectivity index (χ2v) is 6.07. The zero-order chi connectivity index (χ0) is 16.0. The van der Waals surface area contributed by atoms with E-state index >= 15 is 0 Å². The van der Waals surface area contributed by atoms with Gasteiger partial charge in [-0.25, -0.2) is 0 Å². The summed E-state index contributed by atoms with van der Waals surface area (Å²) in [5.41, 5.74) is 0.924. The Bertz CT molecular complexity index is 534. The van der Waals surface area contributed by atoms with Crippen LogP contribution in [0.1, 0.15) is 25.3 Å². The van der Waals surface area contributed by atoms with E-state index in [4.69, 9.17) is 21.1 Å². The van der Waals surface area contributed by atoms with Gasteiger partial charge in [-0.05, 0) is 31.9 Å². The molecule has 5 nitrogen and oxygen atoms in total. The summed E-state index contributed by atoms with van der Waals surface area (Å²) in [6.07, 6.45) is 2.19. The molecule has 1 aliphatic rings. The molecule has 1 saturated heterocycles. The Morgan fingerprint density at radius 1 is 1.43 bits per heavy atom. The lowest BCUT2D eigenvalue weighted by Gasteiger charge is -2.24. The summed E-state index contributed by atoms with van der Waals surface area (Å²) >= 11 is 5.97. The van der Waals surface area contributed by atoms with Crippen molar-refractivity contribution in [3.05, 3.63) is 28.8 Å². The van der Waals surface area contributed by atoms with E-state index in [9.17, 15) is 0 Å². The van der Waals surface area contributed by atoms with Gasteiger partial charge in [0.15, 0.2) is 5.96 Å². The van der Waals surface area contributed by atoms with E-state index in [1.54, 1.807) is 14.2 Å². The first kappa shape index (κ1) is 20.3. The van der Waals surface area contributed by atoms with Gasteiger partial charge < -0.3 is 20.1 Å². The summed E-state index contributed by atoms with van der Waals surface area (Å²) in [4.78, 5) is 4.24. The van der Waals surface area contributed by atoms with E-state index < -0.39 is 0 Å². The third-order valence-electron chi connectivity index (χ3n) is 3.85. The number of hydrogen-bond donors (Lipinski definition) is 2. The molecular weight excluding hydrogens is 429 g/mol. The van der Waals surface area contributed by atoms with Crippen LogP contribution in [0.25, 0.3) is 0 Å². The third kappa shape index (κ3) is 6.00. The number of benzene rings is 1. The van der Waals surface area contributed by atoms with Crippen LogP contribution in [0.3, 0.4) is 0 Å². The quantitative estimate of drug-likeness (QED) is 0.408. The molecule has 0 aliphatic carbocycles. The number of aliphatic imine (C=N–C) groups is 1. The monoisotopic (exact) mass is 453 g/mol. The molecule has 0 saturated carbocycles. The minimum Gasteiger partial charge on any atom is -0.496 e. The molecule has 0 spiro atoms. The fourth-order valence-corrected chi connectivity index (χ4v) is 2.67. The minimum absolute atomic E-state index is 0. The first-order chi connectivity index (χ1) is 10.6. The maximum atomic E-state index is 5.97. The van der Waals surface area contributed by atoms with Gasteiger partial charge in [0.1, 0.15) is 5.75 Å². The highest BCUT2D eigenvalue weighted by Gasteiger charge is 2.29. The van der Waals surface area contributed by atoms with Crippen LogP contribution < -0.4 is 15.4 Å². The number of halogens is 2. The van der Waals surface area contributed by atoms with E-state index in [-0.39, 0.29) is 29.6 Å². The fraction of sp³-hybridized carbons (Fsp3) is 0.562. The number of methoxy groups -OCH3 is 1. The van der Waals surface area contributed by atoms with Crippen molar-refractivity contribution in [3.63, 3.8) is 0 Å². The topological polar surface area (TPSA) is 54.9 Å². The summed E-state index contributed by atoms with van der Waals surface area (Å²) in [5.74, 6) is 1.51. The number of hydrogen-bond acceptors (Lipinski definition) is 3. The molecule has 0 aromatic heterocycles. The lowest BCUT2D eigenvalue weighted by Crippen LogP contribution is -2.45. The molecular formula is C16H25ClIN3O2. The second-order valence-electron chi connectivity index (χ2n) is 5.64. The number of guanidine groups is 1. The van der Waals surface area contributed by atoms with Crippen LogP contribution in [0.15, 0.2) is 23.2 Å². The average molecular weight is 454 g/mol. The molecule has 0 amide bonds. The summed E-state index contributed by atoms with van der Waals surface area (Å²) in [6, 6.07) is 5.61. The van der Waals surface area contributed by atoms with Crippen molar-refractivity contribution in [2.45, 2.75) is 31.9 Å². The van der Waals surface area contributed by atoms with Crippen molar-refractivity contribution in [1.82, 2.24) is 10.6 Å². The van der Waals surface area contributed by atoms with E-state index in [1.165, 1.54) is 0 Å². The number of nitrogens with one attached hydrogen (secondary N) is 2. The Kier molecular flexibility index (Phi) is 8.42. The molecule has 1 aromatic rings. The second kappa shape index (κ2) is 9.54. The number of rotatable bonds is 5. The average Bonchev–Trinajstić information content (AvgIpc) is 2.95. The molecule has 1 heterocycles. The molecule has 1 aliphatic heterocycles. The maximum absolute atomic E-state index is 5.97. The van der Waals surface area contributed by atoms with Gasteiger partial charge >= 0.3 is 0 Å². The van der Waals surface area contributed by atoms with Crippen molar-refractivity contribution in [2.75, 3.05) is 27.3 Å². The van der Waals surface area contributed by atoms with Crippen LogP contribution in [-0.2, 0) is 11.3 Å². The highest BCUT2D eigenvalue weighted by molar-refractivity contribution is 14.0. The molecule has 1 fully saturated rings. The van der Waals surface area contributed by atoms with Crippen LogP contribution in [0, 0.1) is 0 Å². The van der Waals surface area contributed by atoms with Gasteiger partial charge in [-0.1, -0.05) is 17.7 Å². The van der Waals surface area contributed by atoms with Crippen molar-refractivity contribution in [1.29, 1.82) is 0 Å². The predicted octanol–water partition coefficient (Wildman–Crippen LogP) is 3.20. The number of nitrogens with zero attached hydrogens (tertiary/aromatic N) is 1. The molecule has 0 radical (unpaired) electrons. The van der Waals surface area contributed by atoms with Crippen LogP contribution >= 0.6 is 35.6 Å². The highest BCUT2D eigenvalue weighted by Crippen LogP contribution is 2.24. The maximum Gasteiger partial charge on any atom is 0.191 e. The minimum atomic E-state index is -0.102. The van der Waals surface area contributed by atoms with Crippen molar-refractivity contribution in [2.24, 2.45) is 4.99 Å². The van der Waals surface area contributed by atoms with Gasteiger partial charge in [-0.15, -0.1) is 24.0 Å². The van der Waals surface area contributed by atoms with Crippen LogP contribution in [0.4, 0.5) is 0 Å². The molecule has 1 atom stereocenters. The first-order valence-electron chi connectivity index (χ1n) is 7.47. The Hall–Kier alpha value is -0.730. The Labute approximate surface area is 160 Å². The summed E-state index contributed by atoms with van der Waals surface area (Å²) in [6.45, 7) is 4.32. The number of ether oxygens (including phenoxy) is 2. The lowest BCUT2D eigenvalue weighted by atomic mass is 10.0. The van der Waals surface area contributed by atoms with E-state index in [0.29, 0.717) is 11.6 Å². The molecule has 7 heteroatoms. The molecule has 2 rings (SSSR count). The van der Waals surface area contributed by atoms with Gasteiger partial charge in [0.2, 0.25) is 0 Å². The molecule has 2 N–H and O–H groups in total. The smallest absolute Gasteiger partial charge is 0.191 e. The Balaban J connectivity index is 0.00000264. The van der Waals surface area contributed by atoms with E-state index in [0.717, 1.165) is 43.3 Å². The normalized spacial score (nSPS) is 20.8. The van der Waals surface area contributed by atoms with Gasteiger partial charge in [-0.2, -0.15) is 0 Å². The Morgan fingerprint density at radius 2 is 2.22 bits per heavy atom. The molecule has 130 valence electrons.